The average molecular weight is 277 g/mol. The van der Waals surface area contributed by atoms with Gasteiger partial charge in [0, 0.05) is 0 Å². The highest BCUT2D eigenvalue weighted by Crippen LogP contribution is 2.53. The van der Waals surface area contributed by atoms with E-state index in [1.165, 1.54) is 0 Å². The van der Waals surface area contributed by atoms with E-state index in [9.17, 15) is 19.5 Å². The van der Waals surface area contributed by atoms with Crippen LogP contribution >= 0.6 is 0 Å². The average Bonchev–Trinajstić information content (AvgIpc) is 3.07. The van der Waals surface area contributed by atoms with Gasteiger partial charge in [0.15, 0.2) is 0 Å². The topological polar surface area (TPSA) is 74.7 Å². The van der Waals surface area contributed by atoms with Crippen LogP contribution in [0.25, 0.3) is 0 Å². The van der Waals surface area contributed by atoms with E-state index in [1.807, 2.05) is 19.1 Å². The molecule has 1 N–H and O–H groups in total. The fraction of sp³-hybridized carbons (Fsp3) is 0.667. The highest BCUT2D eigenvalue weighted by molar-refractivity contribution is 6.08. The lowest BCUT2D eigenvalue weighted by molar-refractivity contribution is -0.155. The van der Waals surface area contributed by atoms with Crippen molar-refractivity contribution in [1.82, 2.24) is 4.90 Å². The smallest absolute Gasteiger partial charge is 0.326 e. The largest absolute Gasteiger partial charge is 0.480 e. The van der Waals surface area contributed by atoms with Crippen molar-refractivity contribution in [3.8, 4) is 0 Å². The van der Waals surface area contributed by atoms with Crippen molar-refractivity contribution in [3.05, 3.63) is 12.2 Å². The van der Waals surface area contributed by atoms with Gasteiger partial charge in [0.2, 0.25) is 11.8 Å². The van der Waals surface area contributed by atoms with E-state index in [2.05, 4.69) is 0 Å². The molecule has 2 fully saturated rings. The van der Waals surface area contributed by atoms with E-state index in [-0.39, 0.29) is 35.5 Å². The van der Waals surface area contributed by atoms with Gasteiger partial charge < -0.3 is 5.11 Å². The maximum atomic E-state index is 12.5. The molecule has 0 spiro atoms. The second-order valence-corrected chi connectivity index (χ2v) is 6.04. The summed E-state index contributed by atoms with van der Waals surface area (Å²) in [5.74, 6) is -1.94. The van der Waals surface area contributed by atoms with E-state index in [0.717, 1.165) is 17.7 Å². The molecule has 1 saturated carbocycles. The summed E-state index contributed by atoms with van der Waals surface area (Å²) in [7, 11) is 0. The highest BCUT2D eigenvalue weighted by atomic mass is 16.4. The lowest BCUT2D eigenvalue weighted by Crippen LogP contribution is -2.46. The van der Waals surface area contributed by atoms with E-state index in [0.29, 0.717) is 12.8 Å². The first kappa shape index (κ1) is 13.3. The highest BCUT2D eigenvalue weighted by Gasteiger charge is 2.61. The minimum absolute atomic E-state index is 0.132. The Bertz CT molecular complexity index is 468. The normalized spacial score (nSPS) is 35.8. The molecule has 1 saturated heterocycles. The molecule has 0 radical (unpaired) electrons. The Morgan fingerprint density at radius 2 is 1.85 bits per heavy atom. The Morgan fingerprint density at radius 1 is 1.30 bits per heavy atom. The number of carboxylic acid groups (broad SMARTS) is 1. The van der Waals surface area contributed by atoms with Gasteiger partial charge in [0.05, 0.1) is 11.8 Å². The lowest BCUT2D eigenvalue weighted by atomic mass is 9.85. The van der Waals surface area contributed by atoms with E-state index in [1.54, 1.807) is 0 Å². The zero-order valence-corrected chi connectivity index (χ0v) is 11.5. The summed E-state index contributed by atoms with van der Waals surface area (Å²) < 4.78 is 0. The third-order valence-corrected chi connectivity index (χ3v) is 4.93. The van der Waals surface area contributed by atoms with Gasteiger partial charge in [-0.3, -0.25) is 14.5 Å². The van der Waals surface area contributed by atoms with Crippen molar-refractivity contribution in [3.63, 3.8) is 0 Å². The van der Waals surface area contributed by atoms with E-state index < -0.39 is 12.0 Å². The second kappa shape index (κ2) is 4.72. The van der Waals surface area contributed by atoms with Crippen molar-refractivity contribution in [1.29, 1.82) is 0 Å². The van der Waals surface area contributed by atoms with Gasteiger partial charge in [-0.05, 0) is 24.7 Å². The molecule has 0 aromatic heterocycles. The Kier molecular flexibility index (Phi) is 3.15. The first-order valence-corrected chi connectivity index (χ1v) is 7.34. The summed E-state index contributed by atoms with van der Waals surface area (Å²) in [6, 6.07) is -0.986. The van der Waals surface area contributed by atoms with Crippen LogP contribution < -0.4 is 0 Å². The Labute approximate surface area is 117 Å². The number of amides is 2. The van der Waals surface area contributed by atoms with Crippen LogP contribution in [0, 0.1) is 23.7 Å². The van der Waals surface area contributed by atoms with Gasteiger partial charge in [-0.25, -0.2) is 4.79 Å². The number of carbonyl (C=O) groups is 3. The van der Waals surface area contributed by atoms with Crippen LogP contribution in [0.15, 0.2) is 12.2 Å². The molecule has 2 bridgehead atoms. The number of hydrogen-bond donors (Lipinski definition) is 1. The quantitative estimate of drug-likeness (QED) is 0.609. The molecule has 5 unspecified atom stereocenters. The third kappa shape index (κ3) is 1.72. The molecule has 20 heavy (non-hydrogen) atoms. The molecular formula is C15H19NO4. The van der Waals surface area contributed by atoms with Gasteiger partial charge in [0.1, 0.15) is 6.04 Å². The van der Waals surface area contributed by atoms with Crippen molar-refractivity contribution >= 4 is 17.8 Å². The number of imide groups is 1. The van der Waals surface area contributed by atoms with Crippen molar-refractivity contribution < 1.29 is 19.5 Å². The first-order chi connectivity index (χ1) is 9.56. The molecule has 2 amide bonds. The molecule has 5 nitrogen and oxygen atoms in total. The van der Waals surface area contributed by atoms with Crippen LogP contribution in [0.3, 0.4) is 0 Å². The van der Waals surface area contributed by atoms with Crippen LogP contribution in [-0.2, 0) is 14.4 Å². The monoisotopic (exact) mass is 277 g/mol. The van der Waals surface area contributed by atoms with Gasteiger partial charge in [-0.1, -0.05) is 31.9 Å². The van der Waals surface area contributed by atoms with E-state index in [4.69, 9.17) is 0 Å². The summed E-state index contributed by atoms with van der Waals surface area (Å²) in [5.41, 5.74) is 0. The molecule has 3 rings (SSSR count). The number of carbonyl (C=O) groups excluding carboxylic acids is 2. The van der Waals surface area contributed by atoms with E-state index >= 15 is 0 Å². The number of carboxylic acids is 1. The number of allylic oxidation sites excluding steroid dienone is 2. The predicted octanol–water partition coefficient (Wildman–Crippen LogP) is 1.44. The zero-order valence-electron chi connectivity index (χ0n) is 11.5. The molecule has 2 aliphatic carbocycles. The number of likely N-dealkylation sites (tertiary alicyclic amines) is 1. The molecule has 3 aliphatic rings. The van der Waals surface area contributed by atoms with Gasteiger partial charge in [0.25, 0.3) is 0 Å². The minimum Gasteiger partial charge on any atom is -0.480 e. The molecular weight excluding hydrogens is 258 g/mol. The molecule has 5 atom stereocenters. The number of unbranched alkanes of at least 4 members (excludes halogenated alkanes) is 1. The van der Waals surface area contributed by atoms with Gasteiger partial charge >= 0.3 is 5.97 Å². The Morgan fingerprint density at radius 3 is 2.30 bits per heavy atom. The Balaban J connectivity index is 1.86. The standard InChI is InChI=1S/C15H19NO4/c1-2-3-4-10(15(19)20)16-13(17)11-8-5-6-9(7-8)12(11)14(16)18/h5-6,8-12H,2-4,7H2,1H3,(H,19,20). The van der Waals surface area contributed by atoms with Crippen LogP contribution in [-0.4, -0.2) is 33.8 Å². The molecule has 5 heteroatoms. The first-order valence-electron chi connectivity index (χ1n) is 7.34. The summed E-state index contributed by atoms with van der Waals surface area (Å²) in [5, 5.41) is 9.34. The maximum Gasteiger partial charge on any atom is 0.326 e. The van der Waals surface area contributed by atoms with Crippen molar-refractivity contribution in [2.75, 3.05) is 0 Å². The summed E-state index contributed by atoms with van der Waals surface area (Å²) in [4.78, 5) is 37.5. The number of nitrogens with zero attached hydrogens (tertiary/aromatic N) is 1. The SMILES string of the molecule is CCCCC(C(=O)O)N1C(=O)C2C3C=CC(C3)C2C1=O. The fourth-order valence-corrected chi connectivity index (χ4v) is 3.99. The van der Waals surface area contributed by atoms with Gasteiger partial charge in [-0.2, -0.15) is 0 Å². The second-order valence-electron chi connectivity index (χ2n) is 6.04. The summed E-state index contributed by atoms with van der Waals surface area (Å²) in [6.07, 6.45) is 6.80. The van der Waals surface area contributed by atoms with Crippen LogP contribution in [0.1, 0.15) is 32.6 Å². The van der Waals surface area contributed by atoms with Crippen LogP contribution in [0.5, 0.6) is 0 Å². The summed E-state index contributed by atoms with van der Waals surface area (Å²) in [6.45, 7) is 1.96. The molecule has 0 aromatic rings. The summed E-state index contributed by atoms with van der Waals surface area (Å²) >= 11 is 0. The van der Waals surface area contributed by atoms with Crippen molar-refractivity contribution in [2.45, 2.75) is 38.6 Å². The molecule has 1 aliphatic heterocycles. The molecule has 1 heterocycles. The zero-order chi connectivity index (χ0) is 14.4. The maximum absolute atomic E-state index is 12.5. The number of rotatable bonds is 5. The number of hydrogen-bond acceptors (Lipinski definition) is 3. The number of fused-ring (bicyclic) bond motifs is 5. The Hall–Kier alpha value is -1.65. The van der Waals surface area contributed by atoms with Crippen LogP contribution in [0.2, 0.25) is 0 Å². The molecule has 108 valence electrons. The third-order valence-electron chi connectivity index (χ3n) is 4.93. The van der Waals surface area contributed by atoms with Crippen molar-refractivity contribution in [2.24, 2.45) is 23.7 Å². The van der Waals surface area contributed by atoms with Gasteiger partial charge in [-0.15, -0.1) is 0 Å². The van der Waals surface area contributed by atoms with Crippen LogP contribution in [0.4, 0.5) is 0 Å². The molecule has 0 aromatic carbocycles. The number of aliphatic carboxylic acids is 1. The lowest BCUT2D eigenvalue weighted by Gasteiger charge is -2.24. The minimum atomic E-state index is -1.07. The fourth-order valence-electron chi connectivity index (χ4n) is 3.99. The predicted molar refractivity (Wildman–Crippen MR) is 70.5 cm³/mol.